The summed E-state index contributed by atoms with van der Waals surface area (Å²) < 4.78 is 26.9. The second-order valence-electron chi connectivity index (χ2n) is 5.67. The Morgan fingerprint density at radius 1 is 1.42 bits per heavy atom. The first-order valence-electron chi connectivity index (χ1n) is 6.73. The van der Waals surface area contributed by atoms with E-state index >= 15 is 0 Å². The van der Waals surface area contributed by atoms with Crippen molar-refractivity contribution in [2.75, 3.05) is 6.54 Å². The van der Waals surface area contributed by atoms with E-state index < -0.39 is 10.0 Å². The molecule has 7 heteroatoms. The predicted octanol–water partition coefficient (Wildman–Crippen LogP) is 0.616. The fourth-order valence-corrected chi connectivity index (χ4v) is 4.77. The molecule has 2 aliphatic rings. The Balaban J connectivity index is 1.66. The lowest BCUT2D eigenvalue weighted by Gasteiger charge is -2.21. The number of hydrogen-bond donors (Lipinski definition) is 3. The van der Waals surface area contributed by atoms with Crippen LogP contribution in [-0.2, 0) is 16.6 Å². The van der Waals surface area contributed by atoms with Crippen LogP contribution in [0.5, 0.6) is 0 Å². The normalized spacial score (nSPS) is 30.1. The molecule has 1 heterocycles. The Morgan fingerprint density at radius 2 is 2.26 bits per heavy atom. The van der Waals surface area contributed by atoms with Gasteiger partial charge in [-0.25, -0.2) is 13.1 Å². The lowest BCUT2D eigenvalue weighted by molar-refractivity contribution is 0.278. The van der Waals surface area contributed by atoms with Crippen LogP contribution < -0.4 is 4.72 Å². The van der Waals surface area contributed by atoms with Crippen LogP contribution in [0.25, 0.3) is 0 Å². The number of hydrogen-bond acceptors (Lipinski definition) is 4. The van der Waals surface area contributed by atoms with Gasteiger partial charge in [-0.2, -0.15) is 5.10 Å². The first kappa shape index (κ1) is 13.1. The highest BCUT2D eigenvalue weighted by Gasteiger charge is 2.39. The van der Waals surface area contributed by atoms with Crippen molar-refractivity contribution in [2.45, 2.75) is 37.3 Å². The molecule has 106 valence electrons. The molecule has 3 rings (SSSR count). The summed E-state index contributed by atoms with van der Waals surface area (Å²) in [5, 5.41) is 15.2. The number of aliphatic hydroxyl groups is 1. The minimum Gasteiger partial charge on any atom is -0.392 e. The molecule has 1 aromatic heterocycles. The number of rotatable bonds is 5. The van der Waals surface area contributed by atoms with Gasteiger partial charge in [0, 0.05) is 12.1 Å². The summed E-state index contributed by atoms with van der Waals surface area (Å²) in [5.41, 5.74) is 0.306. The number of fused-ring (bicyclic) bond motifs is 2. The molecule has 1 aromatic rings. The van der Waals surface area contributed by atoms with Crippen LogP contribution in [0.15, 0.2) is 11.2 Å². The van der Waals surface area contributed by atoms with Crippen molar-refractivity contribution >= 4 is 10.0 Å². The van der Waals surface area contributed by atoms with Crippen LogP contribution in [0.2, 0.25) is 0 Å². The molecule has 2 aliphatic carbocycles. The Kier molecular flexibility index (Phi) is 3.36. The van der Waals surface area contributed by atoms with Crippen LogP contribution in [0.1, 0.15) is 31.2 Å². The molecule has 19 heavy (non-hydrogen) atoms. The Morgan fingerprint density at radius 3 is 2.89 bits per heavy atom. The zero-order valence-electron chi connectivity index (χ0n) is 10.7. The third-order valence-electron chi connectivity index (χ3n) is 4.54. The number of aromatic nitrogens is 2. The van der Waals surface area contributed by atoms with Crippen molar-refractivity contribution in [2.24, 2.45) is 17.8 Å². The maximum atomic E-state index is 12.1. The van der Waals surface area contributed by atoms with Gasteiger partial charge in [-0.1, -0.05) is 6.42 Å². The van der Waals surface area contributed by atoms with Crippen LogP contribution in [0, 0.1) is 17.8 Å². The summed E-state index contributed by atoms with van der Waals surface area (Å²) in [7, 11) is -3.59. The molecule has 2 fully saturated rings. The summed E-state index contributed by atoms with van der Waals surface area (Å²) in [6, 6.07) is 0. The van der Waals surface area contributed by atoms with E-state index in [0.717, 1.165) is 12.3 Å². The van der Waals surface area contributed by atoms with Gasteiger partial charge in [-0.15, -0.1) is 0 Å². The molecule has 0 amide bonds. The van der Waals surface area contributed by atoms with E-state index in [2.05, 4.69) is 14.9 Å². The summed E-state index contributed by atoms with van der Waals surface area (Å²) in [6.45, 7) is 0.161. The SMILES string of the molecule is O=S(=O)(NCC1CC2CCC1C2)c1[nH]ncc1CO. The van der Waals surface area contributed by atoms with Gasteiger partial charge in [0.25, 0.3) is 10.0 Å². The van der Waals surface area contributed by atoms with E-state index in [1.165, 1.54) is 25.5 Å². The molecule has 2 bridgehead atoms. The summed E-state index contributed by atoms with van der Waals surface area (Å²) in [4.78, 5) is 0. The molecule has 0 radical (unpaired) electrons. The fourth-order valence-electron chi connectivity index (χ4n) is 3.56. The van der Waals surface area contributed by atoms with Crippen LogP contribution in [0.4, 0.5) is 0 Å². The highest BCUT2D eigenvalue weighted by molar-refractivity contribution is 7.89. The Hall–Kier alpha value is -0.920. The third-order valence-corrected chi connectivity index (χ3v) is 5.97. The first-order valence-corrected chi connectivity index (χ1v) is 8.21. The van der Waals surface area contributed by atoms with Crippen LogP contribution in [-0.4, -0.2) is 30.3 Å². The van der Waals surface area contributed by atoms with Crippen molar-refractivity contribution in [3.8, 4) is 0 Å². The number of aromatic amines is 1. The van der Waals surface area contributed by atoms with E-state index in [1.807, 2.05) is 0 Å². The highest BCUT2D eigenvalue weighted by atomic mass is 32.2. The maximum absolute atomic E-state index is 12.1. The van der Waals surface area contributed by atoms with Crippen LogP contribution >= 0.6 is 0 Å². The monoisotopic (exact) mass is 285 g/mol. The molecule has 3 atom stereocenters. The van der Waals surface area contributed by atoms with E-state index in [9.17, 15) is 8.42 Å². The molecular formula is C12H19N3O3S. The van der Waals surface area contributed by atoms with Gasteiger partial charge >= 0.3 is 0 Å². The van der Waals surface area contributed by atoms with Gasteiger partial charge in [0.15, 0.2) is 5.03 Å². The summed E-state index contributed by atoms with van der Waals surface area (Å²) in [6.07, 6.45) is 6.29. The average Bonchev–Trinajstić information content (AvgIpc) is 3.11. The lowest BCUT2D eigenvalue weighted by atomic mass is 9.89. The van der Waals surface area contributed by atoms with E-state index in [-0.39, 0.29) is 11.6 Å². The quantitative estimate of drug-likeness (QED) is 0.739. The highest BCUT2D eigenvalue weighted by Crippen LogP contribution is 2.48. The standard InChI is InChI=1S/C12H19N3O3S/c16-7-11-5-13-15-12(11)19(17,18)14-6-10-4-8-1-2-9(10)3-8/h5,8-10,14,16H,1-4,6-7H2,(H,13,15). The van der Waals surface area contributed by atoms with Crippen LogP contribution in [0.3, 0.4) is 0 Å². The average molecular weight is 285 g/mol. The summed E-state index contributed by atoms with van der Waals surface area (Å²) in [5.74, 6) is 1.96. The van der Waals surface area contributed by atoms with Gasteiger partial charge in [0.05, 0.1) is 12.8 Å². The van der Waals surface area contributed by atoms with Gasteiger partial charge in [0.1, 0.15) is 0 Å². The second-order valence-corrected chi connectivity index (χ2v) is 7.37. The summed E-state index contributed by atoms with van der Waals surface area (Å²) >= 11 is 0. The molecular weight excluding hydrogens is 266 g/mol. The van der Waals surface area contributed by atoms with Gasteiger partial charge in [-0.3, -0.25) is 5.10 Å². The number of H-pyrrole nitrogens is 1. The Bertz CT molecular complexity index is 554. The van der Waals surface area contributed by atoms with Gasteiger partial charge in [0.2, 0.25) is 0 Å². The zero-order chi connectivity index (χ0) is 13.5. The molecule has 6 nitrogen and oxygen atoms in total. The minimum absolute atomic E-state index is 0.0156. The van der Waals surface area contributed by atoms with E-state index in [4.69, 9.17) is 5.11 Å². The minimum atomic E-state index is -3.59. The van der Waals surface area contributed by atoms with Crippen molar-refractivity contribution in [1.29, 1.82) is 0 Å². The number of aliphatic hydroxyl groups excluding tert-OH is 1. The third kappa shape index (κ3) is 2.42. The van der Waals surface area contributed by atoms with Crippen molar-refractivity contribution in [1.82, 2.24) is 14.9 Å². The molecule has 0 saturated heterocycles. The number of nitrogens with zero attached hydrogens (tertiary/aromatic N) is 1. The first-order chi connectivity index (χ1) is 9.10. The molecule has 0 spiro atoms. The van der Waals surface area contributed by atoms with E-state index in [1.54, 1.807) is 0 Å². The van der Waals surface area contributed by atoms with Gasteiger partial charge in [-0.05, 0) is 37.0 Å². The smallest absolute Gasteiger partial charge is 0.257 e. The number of sulfonamides is 1. The van der Waals surface area contributed by atoms with Gasteiger partial charge < -0.3 is 5.11 Å². The predicted molar refractivity (Wildman–Crippen MR) is 68.6 cm³/mol. The van der Waals surface area contributed by atoms with Crippen molar-refractivity contribution in [3.05, 3.63) is 11.8 Å². The number of nitrogens with one attached hydrogen (secondary N) is 2. The topological polar surface area (TPSA) is 95.1 Å². The van der Waals surface area contributed by atoms with Crippen molar-refractivity contribution < 1.29 is 13.5 Å². The van der Waals surface area contributed by atoms with Crippen molar-refractivity contribution in [3.63, 3.8) is 0 Å². The Labute approximate surface area is 112 Å². The molecule has 2 saturated carbocycles. The fraction of sp³-hybridized carbons (Fsp3) is 0.750. The second kappa shape index (κ2) is 4.88. The molecule has 3 unspecified atom stereocenters. The largest absolute Gasteiger partial charge is 0.392 e. The van der Waals surface area contributed by atoms with E-state index in [0.29, 0.717) is 23.9 Å². The zero-order valence-corrected chi connectivity index (χ0v) is 11.5. The maximum Gasteiger partial charge on any atom is 0.257 e. The molecule has 0 aromatic carbocycles. The molecule has 3 N–H and O–H groups in total. The lowest BCUT2D eigenvalue weighted by Crippen LogP contribution is -2.32. The molecule has 0 aliphatic heterocycles.